The van der Waals surface area contributed by atoms with E-state index in [1.165, 1.54) is 4.31 Å². The average Bonchev–Trinajstić information content (AvgIpc) is 2.88. The van der Waals surface area contributed by atoms with Gasteiger partial charge in [0.15, 0.2) is 0 Å². The highest BCUT2D eigenvalue weighted by atomic mass is 79.9. The number of sulfonamides is 1. The van der Waals surface area contributed by atoms with Crippen molar-refractivity contribution in [2.45, 2.75) is 25.1 Å². The van der Waals surface area contributed by atoms with Crippen LogP contribution in [0.4, 0.5) is 5.69 Å². The van der Waals surface area contributed by atoms with Crippen LogP contribution in [0, 0.1) is 5.92 Å². The molecule has 0 atom stereocenters. The van der Waals surface area contributed by atoms with Crippen molar-refractivity contribution in [1.82, 2.24) is 9.62 Å². The van der Waals surface area contributed by atoms with Gasteiger partial charge in [-0.3, -0.25) is 9.59 Å². The highest BCUT2D eigenvalue weighted by Gasteiger charge is 2.31. The normalized spacial score (nSPS) is 14.8. The molecule has 0 bridgehead atoms. The standard InChI is InChI=1S/C27H28BrN3O4S/c28-23-10-6-9-21(17-23)19-36(34,35)31-15-13-22(14-16-31)26(32)30-25-12-5-4-11-24(25)27(33)29-18-20-7-2-1-3-8-20/h1-12,17,22H,13-16,18-19H2,(H,29,33)(H,30,32). The molecular weight excluding hydrogens is 542 g/mol. The van der Waals surface area contributed by atoms with Gasteiger partial charge in [0.25, 0.3) is 5.91 Å². The molecule has 0 saturated carbocycles. The quantitative estimate of drug-likeness (QED) is 0.415. The molecule has 188 valence electrons. The second-order valence-electron chi connectivity index (χ2n) is 8.76. The smallest absolute Gasteiger partial charge is 0.253 e. The fraction of sp³-hybridized carbons (Fsp3) is 0.259. The average molecular weight is 571 g/mol. The second-order valence-corrected chi connectivity index (χ2v) is 11.6. The summed E-state index contributed by atoms with van der Waals surface area (Å²) in [7, 11) is -3.48. The fourth-order valence-electron chi connectivity index (χ4n) is 4.22. The van der Waals surface area contributed by atoms with E-state index < -0.39 is 10.0 Å². The van der Waals surface area contributed by atoms with Gasteiger partial charge in [0.05, 0.1) is 17.0 Å². The summed E-state index contributed by atoms with van der Waals surface area (Å²) >= 11 is 3.37. The first kappa shape index (κ1) is 26.1. The minimum absolute atomic E-state index is 0.0746. The SMILES string of the molecule is O=C(NCc1ccccc1)c1ccccc1NC(=O)C1CCN(S(=O)(=O)Cc2cccc(Br)c2)CC1. The summed E-state index contributed by atoms with van der Waals surface area (Å²) in [6.45, 7) is 0.954. The highest BCUT2D eigenvalue weighted by Crippen LogP contribution is 2.25. The van der Waals surface area contributed by atoms with Crippen LogP contribution in [0.2, 0.25) is 0 Å². The summed E-state index contributed by atoms with van der Waals surface area (Å²) in [6.07, 6.45) is 0.845. The first-order valence-corrected chi connectivity index (χ1v) is 14.2. The molecule has 0 aliphatic carbocycles. The second kappa shape index (κ2) is 11.8. The maximum Gasteiger partial charge on any atom is 0.253 e. The number of anilines is 1. The van der Waals surface area contributed by atoms with Crippen LogP contribution in [0.15, 0.2) is 83.3 Å². The third-order valence-corrected chi connectivity index (χ3v) is 8.52. The van der Waals surface area contributed by atoms with Gasteiger partial charge in [0, 0.05) is 30.0 Å². The number of piperidine rings is 1. The molecule has 0 aromatic heterocycles. The summed E-state index contributed by atoms with van der Waals surface area (Å²) in [6, 6.07) is 23.7. The summed E-state index contributed by atoms with van der Waals surface area (Å²) in [5.74, 6) is -0.886. The number of carbonyl (C=O) groups excluding carboxylic acids is 2. The molecule has 0 unspecified atom stereocenters. The Labute approximate surface area is 220 Å². The zero-order valence-corrected chi connectivity index (χ0v) is 22.1. The van der Waals surface area contributed by atoms with Gasteiger partial charge < -0.3 is 10.6 Å². The molecule has 4 rings (SSSR count). The van der Waals surface area contributed by atoms with Gasteiger partial charge in [-0.1, -0.05) is 70.5 Å². The van der Waals surface area contributed by atoms with Gasteiger partial charge in [0.2, 0.25) is 15.9 Å². The number of benzene rings is 3. The Kier molecular flexibility index (Phi) is 8.56. The van der Waals surface area contributed by atoms with Gasteiger partial charge in [-0.25, -0.2) is 12.7 Å². The molecule has 0 radical (unpaired) electrons. The summed E-state index contributed by atoms with van der Waals surface area (Å²) < 4.78 is 28.1. The Morgan fingerprint density at radius 2 is 1.56 bits per heavy atom. The van der Waals surface area contributed by atoms with Crippen molar-refractivity contribution in [3.05, 3.63) is 100 Å². The van der Waals surface area contributed by atoms with E-state index in [0.717, 1.165) is 10.0 Å². The van der Waals surface area contributed by atoms with E-state index in [4.69, 9.17) is 0 Å². The van der Waals surface area contributed by atoms with Gasteiger partial charge in [-0.2, -0.15) is 0 Å². The van der Waals surface area contributed by atoms with Crippen LogP contribution in [0.25, 0.3) is 0 Å². The van der Waals surface area contributed by atoms with E-state index in [0.29, 0.717) is 36.2 Å². The lowest BCUT2D eigenvalue weighted by molar-refractivity contribution is -0.120. The number of amides is 2. The molecule has 0 spiro atoms. The third-order valence-electron chi connectivity index (χ3n) is 6.18. The topological polar surface area (TPSA) is 95.6 Å². The minimum Gasteiger partial charge on any atom is -0.348 e. The molecule has 3 aromatic carbocycles. The molecular formula is C27H28BrN3O4S. The first-order valence-electron chi connectivity index (χ1n) is 11.8. The van der Waals surface area contributed by atoms with Crippen molar-refractivity contribution in [3.63, 3.8) is 0 Å². The van der Waals surface area contributed by atoms with Crippen LogP contribution in [-0.2, 0) is 27.1 Å². The van der Waals surface area contributed by atoms with Crippen molar-refractivity contribution in [1.29, 1.82) is 0 Å². The Morgan fingerprint density at radius 1 is 0.889 bits per heavy atom. The van der Waals surface area contributed by atoms with Gasteiger partial charge in [0.1, 0.15) is 0 Å². The number of hydrogen-bond donors (Lipinski definition) is 2. The van der Waals surface area contributed by atoms with E-state index in [2.05, 4.69) is 26.6 Å². The Morgan fingerprint density at radius 3 is 2.28 bits per heavy atom. The van der Waals surface area contributed by atoms with Gasteiger partial charge in [-0.15, -0.1) is 0 Å². The third kappa shape index (κ3) is 6.81. The molecule has 1 fully saturated rings. The van der Waals surface area contributed by atoms with Gasteiger partial charge >= 0.3 is 0 Å². The van der Waals surface area contributed by atoms with Crippen molar-refractivity contribution >= 4 is 43.5 Å². The van der Waals surface area contributed by atoms with Crippen LogP contribution in [0.5, 0.6) is 0 Å². The Hall–Kier alpha value is -3.01. The molecule has 1 aliphatic heterocycles. The van der Waals surface area contributed by atoms with Crippen molar-refractivity contribution in [2.24, 2.45) is 5.92 Å². The van der Waals surface area contributed by atoms with Gasteiger partial charge in [-0.05, 0) is 48.2 Å². The number of para-hydroxylation sites is 1. The van der Waals surface area contributed by atoms with Crippen LogP contribution in [-0.4, -0.2) is 37.6 Å². The van der Waals surface area contributed by atoms with E-state index >= 15 is 0 Å². The molecule has 1 aliphatic rings. The highest BCUT2D eigenvalue weighted by molar-refractivity contribution is 9.10. The summed E-state index contributed by atoms with van der Waals surface area (Å²) in [5.41, 5.74) is 2.52. The molecule has 7 nitrogen and oxygen atoms in total. The molecule has 9 heteroatoms. The minimum atomic E-state index is -3.48. The lowest BCUT2D eigenvalue weighted by Crippen LogP contribution is -2.42. The zero-order chi connectivity index (χ0) is 25.5. The molecule has 1 heterocycles. The van der Waals surface area contributed by atoms with Crippen LogP contribution < -0.4 is 10.6 Å². The van der Waals surface area contributed by atoms with Crippen molar-refractivity contribution in [3.8, 4) is 0 Å². The number of rotatable bonds is 8. The number of carbonyl (C=O) groups is 2. The predicted octanol–water partition coefficient (Wildman–Crippen LogP) is 4.56. The van der Waals surface area contributed by atoms with Crippen LogP contribution in [0.1, 0.15) is 34.3 Å². The maximum atomic E-state index is 13.0. The van der Waals surface area contributed by atoms with E-state index in [1.807, 2.05) is 42.5 Å². The van der Waals surface area contributed by atoms with E-state index in [1.54, 1.807) is 36.4 Å². The lowest BCUT2D eigenvalue weighted by atomic mass is 9.97. The van der Waals surface area contributed by atoms with Crippen LogP contribution >= 0.6 is 15.9 Å². The lowest BCUT2D eigenvalue weighted by Gasteiger charge is -2.30. The monoisotopic (exact) mass is 569 g/mol. The molecule has 2 amide bonds. The predicted molar refractivity (Wildman–Crippen MR) is 144 cm³/mol. The van der Waals surface area contributed by atoms with E-state index in [9.17, 15) is 18.0 Å². The first-order chi connectivity index (χ1) is 17.3. The largest absolute Gasteiger partial charge is 0.348 e. The Bertz CT molecular complexity index is 1320. The van der Waals surface area contributed by atoms with Crippen LogP contribution in [0.3, 0.4) is 0 Å². The number of halogens is 1. The van der Waals surface area contributed by atoms with Crippen molar-refractivity contribution < 1.29 is 18.0 Å². The molecule has 36 heavy (non-hydrogen) atoms. The molecule has 1 saturated heterocycles. The maximum absolute atomic E-state index is 13.0. The number of nitrogens with one attached hydrogen (secondary N) is 2. The number of nitrogens with zero attached hydrogens (tertiary/aromatic N) is 1. The Balaban J connectivity index is 1.33. The number of hydrogen-bond acceptors (Lipinski definition) is 4. The summed E-state index contributed by atoms with van der Waals surface area (Å²) in [4.78, 5) is 25.8. The van der Waals surface area contributed by atoms with E-state index in [-0.39, 0.29) is 36.6 Å². The van der Waals surface area contributed by atoms with Crippen molar-refractivity contribution in [2.75, 3.05) is 18.4 Å². The molecule has 3 aromatic rings. The molecule has 2 N–H and O–H groups in total. The summed E-state index contributed by atoms with van der Waals surface area (Å²) in [5, 5.41) is 5.77. The zero-order valence-electron chi connectivity index (χ0n) is 19.7. The fourth-order valence-corrected chi connectivity index (χ4v) is 6.22.